The first-order chi connectivity index (χ1) is 1.00. The van der Waals surface area contributed by atoms with Crippen LogP contribution in [0.5, 0.6) is 0 Å². The normalized spacial score (nSPS) is 0.0645. The van der Waals surface area contributed by atoms with E-state index < -0.39 is 0 Å². The van der Waals surface area contributed by atoms with Gasteiger partial charge in [-0.2, -0.15) is 0 Å². The van der Waals surface area contributed by atoms with Gasteiger partial charge in [-0.3, -0.25) is 0 Å². The van der Waals surface area contributed by atoms with Crippen molar-refractivity contribution in [2.75, 3.05) is 0 Å². The maximum atomic E-state index is 3.89. The van der Waals surface area contributed by atoms with Gasteiger partial charge in [0.2, 0.25) is 0 Å². The molecule has 0 atom stereocenters. The maximum absolute atomic E-state index is 3.89. The summed E-state index contributed by atoms with van der Waals surface area (Å²) in [6, 6.07) is 0. The van der Waals surface area contributed by atoms with Crippen LogP contribution < -0.4 is 0 Å². The summed E-state index contributed by atoms with van der Waals surface area (Å²) in [6.07, 6.45) is 0. The highest BCUT2D eigenvalue weighted by Gasteiger charge is 0.655. The molecular formula is C60H281PS. The zero-order valence-corrected chi connectivity index (χ0v) is 2.72. The third-order valence-corrected chi connectivity index (χ3v) is 0. The highest BCUT2D eigenvalue weighted by molar-refractivity contribution is 7.88. The molecule has 532 valence electrons. The van der Waals surface area contributed by atoms with E-state index in [1.807, 2.05) is 0 Å². The average Bonchev–Trinajstić information content (AvgIpc) is 1.00. The summed E-state index contributed by atoms with van der Waals surface area (Å²) in [5.41, 5.74) is 0. The van der Waals surface area contributed by atoms with Crippen LogP contribution in [0.2, 0.25) is 0 Å². The summed E-state index contributed by atoms with van der Waals surface area (Å²) < 4.78 is 0. The standard InChI is InChI=1S/60CH4.HPS.20H2/c;;;;;;;;;;;;;;;;;;;;;;;;;;;;;;;;;;;;;;;;;;;;;;;;;;;;;;;;;;;;1-2;;;;;;;;;;;;;;;;;;;;/h60*1H4;1H;20*1H/i;;;;;;;;;;;;;;;;;;;;;;;;;;;;;;;;;;;;;;;;;;;;;;;;;;;;;;;;;;;;;20*1+2. The van der Waals surface area contributed by atoms with Crippen molar-refractivity contribution in [3.8, 4) is 0 Å². The van der Waals surface area contributed by atoms with Crippen LogP contribution in [-0.2, 0) is 11.8 Å². The summed E-state index contributed by atoms with van der Waals surface area (Å²) in [5, 5.41) is 0. The summed E-state index contributed by atoms with van der Waals surface area (Å²) in [7, 11) is 2.56. The van der Waals surface area contributed by atoms with Gasteiger partial charge in [0.1, 0.15) is 0 Å². The van der Waals surface area contributed by atoms with Crippen LogP contribution in [0.1, 0.15) is 474 Å². The first kappa shape index (κ1) is 102000. The highest BCUT2D eigenvalue weighted by Crippen LogP contribution is 1.26. The molecule has 0 spiro atoms. The SMILES string of the molecule is C.C.C.C.C.C.C.C.C.C.C.C.C.C.C.C.C.C.C.C.C.C.C.C.C.C.C.C.C.C.C.C.C.C.C.C.C.C.C.C.C.C.C.C.C.C.C.C.C.C.C.C.C.C.C.C.C.C.C.C.P=S.[3HH].[3HH].[3HH].[3HH].[3HH].[3HH].[3HH].[3HH].[3HH].[3HH].[3HH].[3HH].[3HH].[3HH].[3HH].[3HH].[3HH].[3HH].[3HH].[3HH]. The second-order valence-electron chi connectivity index (χ2n) is 0. The Morgan fingerprint density at radius 2 is 0.0806 bits per heavy atom. The Morgan fingerprint density at radius 1 is 0.0806 bits per heavy atom. The number of hydrogen-bond acceptors (Lipinski definition) is 1. The number of hydrogen-bond donors (Lipinski definition) is 0. The third-order valence-electron chi connectivity index (χ3n) is 0. The van der Waals surface area contributed by atoms with Crippen molar-refractivity contribution in [1.29, 1.82) is 0 Å². The van der Waals surface area contributed by atoms with Crippen LogP contribution in [0.15, 0.2) is 0 Å². The quantitative estimate of drug-likeness (QED) is 0.218. The molecule has 0 aromatic rings. The van der Waals surface area contributed by atoms with Crippen molar-refractivity contribution in [3.05, 3.63) is 0 Å². The van der Waals surface area contributed by atoms with Crippen molar-refractivity contribution in [2.24, 2.45) is 0 Å². The molecule has 0 aliphatic heterocycles. The Kier molecular flexibility index (Phi) is 1380000000. The van der Waals surface area contributed by atoms with E-state index in [2.05, 4.69) is 19.8 Å². The van der Waals surface area contributed by atoms with E-state index in [0.29, 0.717) is 0 Å². The molecule has 62 heavy (non-hydrogen) atoms. The van der Waals surface area contributed by atoms with Gasteiger partial charge in [-0.25, -0.2) is 0 Å². The molecule has 0 aliphatic rings. The van der Waals surface area contributed by atoms with Crippen LogP contribution >= 0.6 is 8.02 Å². The van der Waals surface area contributed by atoms with Gasteiger partial charge in [0.25, 0.3) is 0 Å². The zero-order chi connectivity index (χ0) is 2.00. The largest absolute Gasteiger partial charge is 0.0776 e. The lowest BCUT2D eigenvalue weighted by molar-refractivity contribution is 2.50. The summed E-state index contributed by atoms with van der Waals surface area (Å²) in [5.74, 6) is 0. The maximum Gasteiger partial charge on any atom is 0 e. The molecule has 0 aromatic carbocycles. The van der Waals surface area contributed by atoms with Crippen molar-refractivity contribution < 1.29 is 28.5 Å². The Morgan fingerprint density at radius 3 is 0.0806 bits per heavy atom. The van der Waals surface area contributed by atoms with Gasteiger partial charge >= 0.3 is 0 Å². The van der Waals surface area contributed by atoms with E-state index in [0.717, 1.165) is 0 Å². The van der Waals surface area contributed by atoms with Crippen molar-refractivity contribution >= 4 is 19.8 Å². The molecule has 0 aliphatic carbocycles. The molecule has 0 amide bonds. The molecule has 0 aromatic heterocycles. The molecule has 2 heteroatoms. The Bertz CT molecular complexity index is 80.5. The van der Waals surface area contributed by atoms with Crippen LogP contribution in [0.3, 0.4) is 0 Å². The smallest absolute Gasteiger partial charge is 0 e. The molecule has 0 bridgehead atoms. The average molecular weight is 1110 g/mol. The molecular weight excluding hydrogens is 784 g/mol. The fourth-order valence-electron chi connectivity index (χ4n) is 0. The molecule has 0 saturated heterocycles. The zero-order valence-electron chi connectivity index (χ0n) is 0.908. The lowest BCUT2D eigenvalue weighted by Crippen LogP contribution is -0.399. The van der Waals surface area contributed by atoms with Gasteiger partial charge in [0, 0.05) is 28.5 Å². The van der Waals surface area contributed by atoms with Gasteiger partial charge in [0.15, 0.2) is 0 Å². The predicted molar refractivity (Wildman–Crippen MR) is 462 cm³/mol. The van der Waals surface area contributed by atoms with E-state index >= 15 is 0 Å². The fourth-order valence-corrected chi connectivity index (χ4v) is 0. The Labute approximate surface area is 493 Å². The lowest BCUT2D eigenvalue weighted by atomic mass is 12.0. The summed E-state index contributed by atoms with van der Waals surface area (Å²) in [6.45, 7) is 0. The molecule has 0 saturated carbocycles. The topological polar surface area (TPSA) is 0 Å². The van der Waals surface area contributed by atoms with E-state index in [1.54, 1.807) is 0 Å². The van der Waals surface area contributed by atoms with Crippen molar-refractivity contribution in [3.63, 3.8) is 0 Å². The molecule has 0 heterocycles. The predicted octanol–water partition coefficient (Wildman–Crippen LogP) is 43.7. The van der Waals surface area contributed by atoms with E-state index in [1.165, 1.54) is 0 Å². The van der Waals surface area contributed by atoms with Crippen LogP contribution in [-0.4, -0.2) is 0 Å². The molecule has 0 radical (unpaired) electrons. The van der Waals surface area contributed by atoms with Crippen LogP contribution in [0.25, 0.3) is 0 Å². The van der Waals surface area contributed by atoms with Crippen molar-refractivity contribution in [1.82, 2.24) is 0 Å². The number of rotatable bonds is 0. The molecule has 0 nitrogen and oxygen atoms in total. The second kappa shape index (κ2) is 833000. The third kappa shape index (κ3) is 793000. The first-order valence-corrected chi connectivity index (χ1v) is 1.84. The molecule has 0 rings (SSSR count). The van der Waals surface area contributed by atoms with Gasteiger partial charge in [0.05, 0.1) is 0 Å². The van der Waals surface area contributed by atoms with E-state index in [4.69, 9.17) is 0 Å². The summed E-state index contributed by atoms with van der Waals surface area (Å²) in [4.78, 5) is 0. The van der Waals surface area contributed by atoms with E-state index in [9.17, 15) is 0 Å². The highest BCUT2D eigenvalue weighted by atomic mass is 32.4. The summed E-state index contributed by atoms with van der Waals surface area (Å²) >= 11 is 3.89. The first-order valence-electron chi connectivity index (χ1n) is 0.204. The van der Waals surface area contributed by atoms with Gasteiger partial charge in [-0.05, 0) is 8.02 Å². The molecule has 0 unspecified atom stereocenters. The monoisotopic (exact) mass is 1110 g/mol. The van der Waals surface area contributed by atoms with Gasteiger partial charge in [-0.1, -0.05) is 457 Å². The minimum absolute atomic E-state index is 0. The van der Waals surface area contributed by atoms with Crippen molar-refractivity contribution in [2.45, 2.75) is 446 Å². The lowest BCUT2D eigenvalue weighted by Gasteiger charge is -0.760. The van der Waals surface area contributed by atoms with Crippen LogP contribution in [0.4, 0.5) is 0 Å². The van der Waals surface area contributed by atoms with Gasteiger partial charge < -0.3 is 0 Å². The van der Waals surface area contributed by atoms with Gasteiger partial charge in [-0.15, -0.1) is 0 Å². The van der Waals surface area contributed by atoms with Crippen LogP contribution in [0, 0.1) is 0 Å². The molecule has 0 N–H and O–H groups in total. The second-order valence-corrected chi connectivity index (χ2v) is 0. The molecule has 0 fully saturated rings. The Balaban J connectivity index is -0.00000000000158. The minimum atomic E-state index is 0. The Hall–Kier alpha value is 0.520. The minimum Gasteiger partial charge on any atom is -0.0776 e. The van der Waals surface area contributed by atoms with E-state index in [-0.39, 0.29) is 474 Å². The fraction of sp³-hybridized carbons (Fsp3) is 1.00.